The molecule has 124 valence electrons. The van der Waals surface area contributed by atoms with Gasteiger partial charge in [0.25, 0.3) is 0 Å². The third-order valence-electron chi connectivity index (χ3n) is 4.14. The van der Waals surface area contributed by atoms with E-state index in [0.717, 1.165) is 24.0 Å². The molecule has 22 heavy (non-hydrogen) atoms. The topological polar surface area (TPSA) is 52.8 Å². The highest BCUT2D eigenvalue weighted by atomic mass is 16.4. The molecule has 0 aliphatic carbocycles. The third kappa shape index (κ3) is 7.08. The smallest absolute Gasteiger partial charge is 0.0871 e. The molecule has 0 amide bonds. The second-order valence-corrected chi connectivity index (χ2v) is 5.94. The number of nitrogens with zero attached hydrogens (tertiary/aromatic N) is 1. The Morgan fingerprint density at radius 1 is 0.909 bits per heavy atom. The van der Waals surface area contributed by atoms with Gasteiger partial charge in [0.2, 0.25) is 0 Å². The van der Waals surface area contributed by atoms with E-state index in [4.69, 9.17) is 0 Å². The molecule has 0 aliphatic rings. The molecule has 1 aromatic rings. The Morgan fingerprint density at radius 3 is 2.09 bits per heavy atom. The molecule has 0 spiro atoms. The molecular formula is C19H31NO2. The highest BCUT2D eigenvalue weighted by molar-refractivity contribution is 6.01. The first-order valence-electron chi connectivity index (χ1n) is 8.73. The third-order valence-corrected chi connectivity index (χ3v) is 4.14. The molecule has 0 aliphatic heterocycles. The van der Waals surface area contributed by atoms with Crippen LogP contribution in [0.1, 0.15) is 82.3 Å². The summed E-state index contributed by atoms with van der Waals surface area (Å²) in [5.41, 5.74) is 2.38. The van der Waals surface area contributed by atoms with Crippen LogP contribution in [0, 0.1) is 0 Å². The van der Waals surface area contributed by atoms with Crippen LogP contribution >= 0.6 is 0 Å². The number of hydrogen-bond acceptors (Lipinski definition) is 3. The molecular weight excluding hydrogens is 274 g/mol. The van der Waals surface area contributed by atoms with Crippen molar-refractivity contribution in [3.05, 3.63) is 35.4 Å². The molecule has 0 heterocycles. The molecule has 3 heteroatoms. The molecule has 1 aromatic carbocycles. The van der Waals surface area contributed by atoms with Gasteiger partial charge in [0.05, 0.1) is 12.3 Å². The number of benzene rings is 1. The standard InChI is InChI=1S/C19H31NO2/c1-2-3-4-5-6-7-8-9-10-15-19(20-22)18-14-12-11-13-17(18)16-21/h11-14,21-22H,2-10,15-16H2,1H3. The van der Waals surface area contributed by atoms with Crippen LogP contribution in [0.15, 0.2) is 29.4 Å². The summed E-state index contributed by atoms with van der Waals surface area (Å²) in [4.78, 5) is 0. The van der Waals surface area contributed by atoms with Crippen molar-refractivity contribution >= 4 is 5.71 Å². The summed E-state index contributed by atoms with van der Waals surface area (Å²) in [5.74, 6) is 0. The number of rotatable bonds is 12. The van der Waals surface area contributed by atoms with Crippen LogP contribution in [0.25, 0.3) is 0 Å². The van der Waals surface area contributed by atoms with Crippen molar-refractivity contribution in [2.24, 2.45) is 5.16 Å². The van der Waals surface area contributed by atoms with Crippen molar-refractivity contribution in [2.75, 3.05) is 0 Å². The van der Waals surface area contributed by atoms with E-state index in [1.807, 2.05) is 24.3 Å². The van der Waals surface area contributed by atoms with Crippen LogP contribution in [0.2, 0.25) is 0 Å². The molecule has 2 N–H and O–H groups in total. The summed E-state index contributed by atoms with van der Waals surface area (Å²) in [6, 6.07) is 7.59. The van der Waals surface area contributed by atoms with Gasteiger partial charge in [-0.25, -0.2) is 0 Å². The minimum Gasteiger partial charge on any atom is -0.411 e. The van der Waals surface area contributed by atoms with E-state index in [2.05, 4.69) is 12.1 Å². The monoisotopic (exact) mass is 305 g/mol. The van der Waals surface area contributed by atoms with Crippen molar-refractivity contribution < 1.29 is 10.3 Å². The molecule has 0 unspecified atom stereocenters. The normalized spacial score (nSPS) is 11.8. The number of oxime groups is 1. The summed E-state index contributed by atoms with van der Waals surface area (Å²) in [7, 11) is 0. The van der Waals surface area contributed by atoms with Gasteiger partial charge in [0, 0.05) is 5.56 Å². The van der Waals surface area contributed by atoms with Gasteiger partial charge >= 0.3 is 0 Å². The van der Waals surface area contributed by atoms with E-state index in [9.17, 15) is 10.3 Å². The van der Waals surface area contributed by atoms with Crippen molar-refractivity contribution in [1.29, 1.82) is 0 Å². The SMILES string of the molecule is CCCCCCCCCCCC(=NO)c1ccccc1CO. The van der Waals surface area contributed by atoms with Gasteiger partial charge in [0.1, 0.15) is 0 Å². The minimum atomic E-state index is -0.0209. The number of unbranched alkanes of at least 4 members (excludes halogenated alkanes) is 8. The van der Waals surface area contributed by atoms with Gasteiger partial charge < -0.3 is 10.3 Å². The first-order valence-corrected chi connectivity index (χ1v) is 8.73. The lowest BCUT2D eigenvalue weighted by Crippen LogP contribution is -2.05. The summed E-state index contributed by atoms with van der Waals surface area (Å²) in [6.45, 7) is 2.22. The predicted molar refractivity (Wildman–Crippen MR) is 92.5 cm³/mol. The lowest BCUT2D eigenvalue weighted by molar-refractivity contribution is 0.281. The van der Waals surface area contributed by atoms with Gasteiger partial charge in [-0.1, -0.05) is 87.7 Å². The van der Waals surface area contributed by atoms with Crippen molar-refractivity contribution in [3.63, 3.8) is 0 Å². The Labute approximate surface area is 135 Å². The van der Waals surface area contributed by atoms with Crippen molar-refractivity contribution in [3.8, 4) is 0 Å². The lowest BCUT2D eigenvalue weighted by Gasteiger charge is -2.09. The highest BCUT2D eigenvalue weighted by Gasteiger charge is 2.08. The fourth-order valence-electron chi connectivity index (χ4n) is 2.78. The van der Waals surface area contributed by atoms with E-state index in [-0.39, 0.29) is 6.61 Å². The van der Waals surface area contributed by atoms with Crippen molar-refractivity contribution in [2.45, 2.75) is 77.7 Å². The quantitative estimate of drug-likeness (QED) is 0.239. The molecule has 0 saturated heterocycles. The number of hydrogen-bond donors (Lipinski definition) is 2. The van der Waals surface area contributed by atoms with Crippen LogP contribution in [0.3, 0.4) is 0 Å². The molecule has 0 fully saturated rings. The van der Waals surface area contributed by atoms with Crippen LogP contribution < -0.4 is 0 Å². The van der Waals surface area contributed by atoms with Crippen LogP contribution in [0.4, 0.5) is 0 Å². The summed E-state index contributed by atoms with van der Waals surface area (Å²) in [5, 5.41) is 22.0. The Morgan fingerprint density at radius 2 is 1.50 bits per heavy atom. The Hall–Kier alpha value is -1.35. The van der Waals surface area contributed by atoms with Gasteiger partial charge in [-0.2, -0.15) is 0 Å². The molecule has 0 aromatic heterocycles. The zero-order chi connectivity index (χ0) is 16.0. The molecule has 0 radical (unpaired) electrons. The maximum atomic E-state index is 9.36. The summed E-state index contributed by atoms with van der Waals surface area (Å²) in [6.07, 6.45) is 12.3. The maximum Gasteiger partial charge on any atom is 0.0871 e. The minimum absolute atomic E-state index is 0.0209. The van der Waals surface area contributed by atoms with Gasteiger partial charge in [-0.05, 0) is 18.4 Å². The van der Waals surface area contributed by atoms with E-state index in [0.29, 0.717) is 5.71 Å². The molecule has 0 saturated carbocycles. The fraction of sp³-hybridized carbons (Fsp3) is 0.632. The van der Waals surface area contributed by atoms with Crippen molar-refractivity contribution in [1.82, 2.24) is 0 Å². The summed E-state index contributed by atoms with van der Waals surface area (Å²) < 4.78 is 0. The Balaban J connectivity index is 2.22. The van der Waals surface area contributed by atoms with E-state index in [1.165, 1.54) is 51.4 Å². The Bertz CT molecular complexity index is 429. The zero-order valence-electron chi connectivity index (χ0n) is 13.9. The van der Waals surface area contributed by atoms with E-state index < -0.39 is 0 Å². The zero-order valence-corrected chi connectivity index (χ0v) is 13.9. The van der Waals surface area contributed by atoms with E-state index >= 15 is 0 Å². The average molecular weight is 305 g/mol. The number of aliphatic hydroxyl groups excluding tert-OH is 1. The fourth-order valence-corrected chi connectivity index (χ4v) is 2.78. The predicted octanol–water partition coefficient (Wildman–Crippen LogP) is 5.28. The van der Waals surface area contributed by atoms with Crippen LogP contribution in [-0.2, 0) is 6.61 Å². The first-order chi connectivity index (χ1) is 10.8. The largest absolute Gasteiger partial charge is 0.411 e. The maximum absolute atomic E-state index is 9.36. The second-order valence-electron chi connectivity index (χ2n) is 5.94. The number of aliphatic hydroxyl groups is 1. The first kappa shape index (κ1) is 18.7. The average Bonchev–Trinajstić information content (AvgIpc) is 2.57. The van der Waals surface area contributed by atoms with Crippen LogP contribution in [0.5, 0.6) is 0 Å². The van der Waals surface area contributed by atoms with E-state index in [1.54, 1.807) is 0 Å². The summed E-state index contributed by atoms with van der Waals surface area (Å²) >= 11 is 0. The second kappa shape index (κ2) is 12.2. The van der Waals surface area contributed by atoms with Gasteiger partial charge in [0.15, 0.2) is 0 Å². The highest BCUT2D eigenvalue weighted by Crippen LogP contribution is 2.16. The molecule has 0 bridgehead atoms. The molecule has 1 rings (SSSR count). The molecule has 3 nitrogen and oxygen atoms in total. The Kier molecular flexibility index (Phi) is 10.4. The van der Waals surface area contributed by atoms with Gasteiger partial charge in [-0.15, -0.1) is 0 Å². The van der Waals surface area contributed by atoms with Crippen LogP contribution in [-0.4, -0.2) is 16.0 Å². The van der Waals surface area contributed by atoms with Gasteiger partial charge in [-0.3, -0.25) is 0 Å². The molecule has 0 atom stereocenters. The lowest BCUT2D eigenvalue weighted by atomic mass is 9.98.